The highest BCUT2D eigenvalue weighted by atomic mass is 32.1. The van der Waals surface area contributed by atoms with Crippen LogP contribution in [0, 0.1) is 0 Å². The van der Waals surface area contributed by atoms with E-state index >= 15 is 0 Å². The van der Waals surface area contributed by atoms with Crippen molar-refractivity contribution in [1.82, 2.24) is 10.7 Å². The Morgan fingerprint density at radius 1 is 1.33 bits per heavy atom. The first-order valence-electron chi connectivity index (χ1n) is 6.41. The minimum Gasteiger partial charge on any atom is -0.493 e. The van der Waals surface area contributed by atoms with Gasteiger partial charge in [-0.2, -0.15) is 5.10 Å². The average molecular weight is 311 g/mol. The van der Waals surface area contributed by atoms with Gasteiger partial charge < -0.3 is 19.5 Å². The van der Waals surface area contributed by atoms with Gasteiger partial charge in [-0.15, -0.1) is 0 Å². The van der Waals surface area contributed by atoms with Crippen molar-refractivity contribution in [2.45, 2.75) is 13.0 Å². The summed E-state index contributed by atoms with van der Waals surface area (Å²) >= 11 is 5.12. The van der Waals surface area contributed by atoms with Crippen molar-refractivity contribution in [2.24, 2.45) is 5.10 Å². The van der Waals surface area contributed by atoms with Crippen LogP contribution in [-0.4, -0.2) is 45.3 Å². The van der Waals surface area contributed by atoms with Gasteiger partial charge in [0.25, 0.3) is 0 Å². The lowest BCUT2D eigenvalue weighted by Crippen LogP contribution is -2.40. The highest BCUT2D eigenvalue weighted by molar-refractivity contribution is 7.80. The zero-order valence-electron chi connectivity index (χ0n) is 12.7. The number of para-hydroxylation sites is 1. The summed E-state index contributed by atoms with van der Waals surface area (Å²) in [4.78, 5) is 0. The second-order valence-electron chi connectivity index (χ2n) is 4.28. The molecule has 1 aromatic rings. The topological polar surface area (TPSA) is 64.1 Å². The number of hydrogen-bond acceptors (Lipinski definition) is 5. The number of hydrogen-bond donors (Lipinski definition) is 2. The van der Waals surface area contributed by atoms with Crippen LogP contribution >= 0.6 is 12.2 Å². The Morgan fingerprint density at radius 3 is 2.71 bits per heavy atom. The van der Waals surface area contributed by atoms with Gasteiger partial charge in [0.15, 0.2) is 16.6 Å². The van der Waals surface area contributed by atoms with Gasteiger partial charge in [0.1, 0.15) is 0 Å². The maximum Gasteiger partial charge on any atom is 0.187 e. The smallest absolute Gasteiger partial charge is 0.187 e. The Balaban J connectivity index is 2.63. The predicted octanol–water partition coefficient (Wildman–Crippen LogP) is 1.54. The van der Waals surface area contributed by atoms with Gasteiger partial charge in [-0.05, 0) is 31.3 Å². The molecule has 2 N–H and O–H groups in total. The zero-order valence-corrected chi connectivity index (χ0v) is 13.5. The van der Waals surface area contributed by atoms with Crippen molar-refractivity contribution in [3.8, 4) is 11.5 Å². The molecule has 0 saturated heterocycles. The van der Waals surface area contributed by atoms with E-state index in [1.807, 2.05) is 25.1 Å². The first-order valence-corrected chi connectivity index (χ1v) is 6.82. The highest BCUT2D eigenvalue weighted by Gasteiger charge is 2.07. The summed E-state index contributed by atoms with van der Waals surface area (Å²) < 4.78 is 15.6. The fourth-order valence-electron chi connectivity index (χ4n) is 1.72. The fourth-order valence-corrected chi connectivity index (χ4v) is 1.98. The van der Waals surface area contributed by atoms with Gasteiger partial charge in [-0.3, -0.25) is 5.43 Å². The number of thiocarbonyl (C=S) groups is 1. The van der Waals surface area contributed by atoms with Gasteiger partial charge in [-0.25, -0.2) is 0 Å². The molecule has 0 aliphatic rings. The summed E-state index contributed by atoms with van der Waals surface area (Å²) in [5, 5.41) is 7.56. The molecule has 7 heteroatoms. The van der Waals surface area contributed by atoms with E-state index in [-0.39, 0.29) is 6.04 Å². The van der Waals surface area contributed by atoms with Crippen LogP contribution in [0.3, 0.4) is 0 Å². The number of benzene rings is 1. The van der Waals surface area contributed by atoms with Crippen LogP contribution in [0.25, 0.3) is 0 Å². The monoisotopic (exact) mass is 311 g/mol. The molecule has 0 radical (unpaired) electrons. The number of ether oxygens (including phenoxy) is 3. The van der Waals surface area contributed by atoms with Crippen LogP contribution in [0.15, 0.2) is 23.3 Å². The van der Waals surface area contributed by atoms with Gasteiger partial charge in [0.05, 0.1) is 27.0 Å². The van der Waals surface area contributed by atoms with Crippen molar-refractivity contribution in [2.75, 3.05) is 27.9 Å². The fraction of sp³-hybridized carbons (Fsp3) is 0.429. The Kier molecular flexibility index (Phi) is 7.49. The Hall–Kier alpha value is -1.86. The number of nitrogens with one attached hydrogen (secondary N) is 2. The summed E-state index contributed by atoms with van der Waals surface area (Å²) in [5.74, 6) is 1.27. The minimum atomic E-state index is 0.108. The van der Waals surface area contributed by atoms with E-state index in [1.54, 1.807) is 27.5 Å². The lowest BCUT2D eigenvalue weighted by molar-refractivity contribution is 0.179. The average Bonchev–Trinajstić information content (AvgIpc) is 2.46. The van der Waals surface area contributed by atoms with Crippen LogP contribution in [-0.2, 0) is 4.74 Å². The van der Waals surface area contributed by atoms with Crippen molar-refractivity contribution in [1.29, 1.82) is 0 Å². The van der Waals surface area contributed by atoms with E-state index in [9.17, 15) is 0 Å². The molecule has 0 aliphatic carbocycles. The molecular weight excluding hydrogens is 290 g/mol. The SMILES string of the molecule is COC[C@@H](C)NC(=S)N/N=C\c1cccc(OC)c1OC. The highest BCUT2D eigenvalue weighted by Crippen LogP contribution is 2.29. The zero-order chi connectivity index (χ0) is 15.7. The molecule has 1 rings (SSSR count). The number of rotatable bonds is 7. The van der Waals surface area contributed by atoms with Gasteiger partial charge >= 0.3 is 0 Å². The Morgan fingerprint density at radius 2 is 2.10 bits per heavy atom. The summed E-state index contributed by atoms with van der Waals surface area (Å²) in [6.45, 7) is 2.53. The third-order valence-electron chi connectivity index (χ3n) is 2.60. The molecule has 0 bridgehead atoms. The van der Waals surface area contributed by atoms with E-state index in [2.05, 4.69) is 15.8 Å². The Bertz CT molecular complexity index is 494. The largest absolute Gasteiger partial charge is 0.493 e. The van der Waals surface area contributed by atoms with Gasteiger partial charge in [0.2, 0.25) is 0 Å². The molecule has 0 aromatic heterocycles. The number of methoxy groups -OCH3 is 3. The lowest BCUT2D eigenvalue weighted by atomic mass is 10.2. The quantitative estimate of drug-likeness (QED) is 0.452. The molecule has 0 unspecified atom stereocenters. The maximum absolute atomic E-state index is 5.31. The molecule has 1 aromatic carbocycles. The standard InChI is InChI=1S/C14H21N3O3S/c1-10(9-18-2)16-14(21)17-15-8-11-6-5-7-12(19-3)13(11)20-4/h5-8,10H,9H2,1-4H3,(H2,16,17,21)/b15-8-/t10-/m1/s1. The van der Waals surface area contributed by atoms with E-state index in [0.29, 0.717) is 23.2 Å². The molecule has 0 amide bonds. The second kappa shape index (κ2) is 9.15. The normalized spacial score (nSPS) is 12.0. The first kappa shape index (κ1) is 17.2. The van der Waals surface area contributed by atoms with E-state index in [0.717, 1.165) is 5.56 Å². The molecule has 0 aliphatic heterocycles. The van der Waals surface area contributed by atoms with E-state index in [1.165, 1.54) is 0 Å². The van der Waals surface area contributed by atoms with Crippen LogP contribution in [0.2, 0.25) is 0 Å². The van der Waals surface area contributed by atoms with Crippen molar-refractivity contribution in [3.63, 3.8) is 0 Å². The minimum absolute atomic E-state index is 0.108. The number of hydrazone groups is 1. The third-order valence-corrected chi connectivity index (χ3v) is 2.81. The van der Waals surface area contributed by atoms with Crippen LogP contribution in [0.5, 0.6) is 11.5 Å². The van der Waals surface area contributed by atoms with Crippen molar-refractivity contribution >= 4 is 23.5 Å². The van der Waals surface area contributed by atoms with Gasteiger partial charge in [-0.1, -0.05) is 6.07 Å². The predicted molar refractivity (Wildman–Crippen MR) is 87.3 cm³/mol. The molecule has 21 heavy (non-hydrogen) atoms. The lowest BCUT2D eigenvalue weighted by Gasteiger charge is -2.14. The molecule has 1 atom stereocenters. The van der Waals surface area contributed by atoms with Crippen molar-refractivity contribution in [3.05, 3.63) is 23.8 Å². The molecule has 6 nitrogen and oxygen atoms in total. The third kappa shape index (κ3) is 5.57. The summed E-state index contributed by atoms with van der Waals surface area (Å²) in [6, 6.07) is 5.66. The summed E-state index contributed by atoms with van der Waals surface area (Å²) in [5.41, 5.74) is 3.54. The molecule has 0 heterocycles. The van der Waals surface area contributed by atoms with Crippen LogP contribution in [0.1, 0.15) is 12.5 Å². The maximum atomic E-state index is 5.31. The molecule has 0 spiro atoms. The van der Waals surface area contributed by atoms with Gasteiger partial charge in [0, 0.05) is 18.7 Å². The van der Waals surface area contributed by atoms with Crippen LogP contribution in [0.4, 0.5) is 0 Å². The molecule has 0 saturated carbocycles. The number of nitrogens with zero attached hydrogens (tertiary/aromatic N) is 1. The molecular formula is C14H21N3O3S. The van der Waals surface area contributed by atoms with E-state index in [4.69, 9.17) is 26.4 Å². The van der Waals surface area contributed by atoms with E-state index < -0.39 is 0 Å². The molecule has 0 fully saturated rings. The van der Waals surface area contributed by atoms with Crippen LogP contribution < -0.4 is 20.2 Å². The summed E-state index contributed by atoms with van der Waals surface area (Å²) in [6.07, 6.45) is 1.62. The molecule has 116 valence electrons. The second-order valence-corrected chi connectivity index (χ2v) is 4.69. The first-order chi connectivity index (χ1) is 10.1. The van der Waals surface area contributed by atoms with Crippen molar-refractivity contribution < 1.29 is 14.2 Å². The summed E-state index contributed by atoms with van der Waals surface area (Å²) in [7, 11) is 4.82. The Labute approximate surface area is 130 Å².